The standard InChI is InChI=1S/C18H17ClOS/c1-11-8-14(9-12(2)18(11)20-3)17(19)16-10-13-6-4-5-7-15(13)21-16/h4-10,17H,1-3H3. The zero-order valence-corrected chi connectivity index (χ0v) is 13.9. The van der Waals surface area contributed by atoms with Crippen LogP contribution < -0.4 is 4.74 Å². The van der Waals surface area contributed by atoms with Crippen molar-refractivity contribution in [2.45, 2.75) is 19.2 Å². The molecule has 0 fully saturated rings. The molecular weight excluding hydrogens is 300 g/mol. The van der Waals surface area contributed by atoms with Crippen molar-refractivity contribution in [2.24, 2.45) is 0 Å². The van der Waals surface area contributed by atoms with E-state index in [-0.39, 0.29) is 5.38 Å². The molecule has 0 aliphatic rings. The number of benzene rings is 2. The van der Waals surface area contributed by atoms with Crippen molar-refractivity contribution in [2.75, 3.05) is 7.11 Å². The Bertz CT molecular complexity index is 735. The van der Waals surface area contributed by atoms with E-state index in [0.29, 0.717) is 0 Å². The second-order valence-corrected chi connectivity index (χ2v) is 6.79. The SMILES string of the molecule is COc1c(C)cc(C(Cl)c2cc3ccccc3s2)cc1C. The zero-order chi connectivity index (χ0) is 15.0. The molecule has 21 heavy (non-hydrogen) atoms. The first-order valence-electron chi connectivity index (χ1n) is 6.88. The van der Waals surface area contributed by atoms with E-state index in [4.69, 9.17) is 16.3 Å². The van der Waals surface area contributed by atoms with E-state index in [9.17, 15) is 0 Å². The topological polar surface area (TPSA) is 9.23 Å². The fourth-order valence-electron chi connectivity index (χ4n) is 2.74. The molecule has 0 spiro atoms. The normalized spacial score (nSPS) is 12.6. The largest absolute Gasteiger partial charge is 0.496 e. The Kier molecular flexibility index (Phi) is 3.92. The Morgan fingerprint density at radius 3 is 2.33 bits per heavy atom. The molecule has 0 aliphatic carbocycles. The second-order valence-electron chi connectivity index (χ2n) is 5.24. The molecule has 108 valence electrons. The lowest BCUT2D eigenvalue weighted by molar-refractivity contribution is 0.408. The van der Waals surface area contributed by atoms with Gasteiger partial charge in [-0.05, 0) is 48.1 Å². The molecular formula is C18H17ClOS. The number of hydrogen-bond donors (Lipinski definition) is 0. The molecule has 1 heterocycles. The first-order chi connectivity index (χ1) is 10.1. The Morgan fingerprint density at radius 2 is 1.71 bits per heavy atom. The molecule has 0 saturated heterocycles. The highest BCUT2D eigenvalue weighted by Crippen LogP contribution is 2.39. The summed E-state index contributed by atoms with van der Waals surface area (Å²) in [6.07, 6.45) is 0. The highest BCUT2D eigenvalue weighted by atomic mass is 35.5. The van der Waals surface area contributed by atoms with Gasteiger partial charge in [0.2, 0.25) is 0 Å². The van der Waals surface area contributed by atoms with E-state index >= 15 is 0 Å². The Morgan fingerprint density at radius 1 is 1.05 bits per heavy atom. The van der Waals surface area contributed by atoms with Crippen molar-refractivity contribution >= 4 is 33.0 Å². The number of fused-ring (bicyclic) bond motifs is 1. The lowest BCUT2D eigenvalue weighted by Gasteiger charge is -2.14. The third kappa shape index (κ3) is 2.66. The molecule has 0 bridgehead atoms. The molecule has 3 heteroatoms. The minimum atomic E-state index is -0.120. The van der Waals surface area contributed by atoms with E-state index in [1.54, 1.807) is 18.4 Å². The monoisotopic (exact) mass is 316 g/mol. The predicted octanol–water partition coefficient (Wildman–Crippen LogP) is 5.85. The van der Waals surface area contributed by atoms with Crippen LogP contribution in [0.25, 0.3) is 10.1 Å². The van der Waals surface area contributed by atoms with Gasteiger partial charge in [0.05, 0.1) is 12.5 Å². The number of aryl methyl sites for hydroxylation is 2. The van der Waals surface area contributed by atoms with E-state index in [1.165, 1.54) is 15.0 Å². The summed E-state index contributed by atoms with van der Waals surface area (Å²) in [6.45, 7) is 4.12. The van der Waals surface area contributed by atoms with Gasteiger partial charge in [-0.25, -0.2) is 0 Å². The van der Waals surface area contributed by atoms with Crippen molar-refractivity contribution in [1.29, 1.82) is 0 Å². The van der Waals surface area contributed by atoms with Gasteiger partial charge in [-0.3, -0.25) is 0 Å². The minimum Gasteiger partial charge on any atom is -0.496 e. The number of hydrogen-bond acceptors (Lipinski definition) is 2. The van der Waals surface area contributed by atoms with Gasteiger partial charge in [0.25, 0.3) is 0 Å². The van der Waals surface area contributed by atoms with Crippen LogP contribution in [0.4, 0.5) is 0 Å². The summed E-state index contributed by atoms with van der Waals surface area (Å²) in [5, 5.41) is 1.14. The van der Waals surface area contributed by atoms with Crippen LogP contribution in [-0.2, 0) is 0 Å². The molecule has 3 aromatic rings. The minimum absolute atomic E-state index is 0.120. The molecule has 3 rings (SSSR count). The van der Waals surface area contributed by atoms with Gasteiger partial charge >= 0.3 is 0 Å². The summed E-state index contributed by atoms with van der Waals surface area (Å²) in [5.74, 6) is 0.943. The average Bonchev–Trinajstić information content (AvgIpc) is 2.90. The first-order valence-corrected chi connectivity index (χ1v) is 8.13. The van der Waals surface area contributed by atoms with Crippen molar-refractivity contribution in [1.82, 2.24) is 0 Å². The third-order valence-corrected chi connectivity index (χ3v) is 5.47. The van der Waals surface area contributed by atoms with Crippen LogP contribution in [0.1, 0.15) is 26.9 Å². The third-order valence-electron chi connectivity index (χ3n) is 3.67. The summed E-state index contributed by atoms with van der Waals surface area (Å²) in [7, 11) is 1.71. The summed E-state index contributed by atoms with van der Waals surface area (Å²) in [5.41, 5.74) is 3.37. The van der Waals surface area contributed by atoms with Gasteiger partial charge in [-0.15, -0.1) is 22.9 Å². The number of ether oxygens (including phenoxy) is 1. The Balaban J connectivity index is 2.03. The van der Waals surface area contributed by atoms with E-state index in [1.807, 2.05) is 0 Å². The van der Waals surface area contributed by atoms with Gasteiger partial charge in [0.15, 0.2) is 0 Å². The molecule has 0 saturated carbocycles. The molecule has 1 atom stereocenters. The van der Waals surface area contributed by atoms with Gasteiger partial charge < -0.3 is 4.74 Å². The van der Waals surface area contributed by atoms with Crippen molar-refractivity contribution in [3.8, 4) is 5.75 Å². The molecule has 0 amide bonds. The fourth-order valence-corrected chi connectivity index (χ4v) is 4.14. The number of thiophene rings is 1. The lowest BCUT2D eigenvalue weighted by Crippen LogP contribution is -1.96. The molecule has 0 radical (unpaired) electrons. The van der Waals surface area contributed by atoms with Gasteiger partial charge in [0, 0.05) is 9.58 Å². The maximum Gasteiger partial charge on any atom is 0.124 e. The summed E-state index contributed by atoms with van der Waals surface area (Å²) in [4.78, 5) is 1.18. The van der Waals surface area contributed by atoms with Gasteiger partial charge in [-0.2, -0.15) is 0 Å². The molecule has 0 aliphatic heterocycles. The van der Waals surface area contributed by atoms with Crippen molar-refractivity contribution in [3.63, 3.8) is 0 Å². The number of methoxy groups -OCH3 is 1. The van der Waals surface area contributed by atoms with Crippen LogP contribution in [0.15, 0.2) is 42.5 Å². The smallest absolute Gasteiger partial charge is 0.124 e. The molecule has 1 aromatic heterocycles. The van der Waals surface area contributed by atoms with Crippen LogP contribution in [0.2, 0.25) is 0 Å². The molecule has 2 aromatic carbocycles. The van der Waals surface area contributed by atoms with E-state index in [2.05, 4.69) is 56.3 Å². The lowest BCUT2D eigenvalue weighted by atomic mass is 10.0. The molecule has 1 unspecified atom stereocenters. The van der Waals surface area contributed by atoms with Crippen molar-refractivity contribution < 1.29 is 4.74 Å². The van der Waals surface area contributed by atoms with Crippen LogP contribution in [-0.4, -0.2) is 7.11 Å². The van der Waals surface area contributed by atoms with E-state index < -0.39 is 0 Å². The highest BCUT2D eigenvalue weighted by Gasteiger charge is 2.16. The summed E-state index contributed by atoms with van der Waals surface area (Å²) >= 11 is 8.47. The quantitative estimate of drug-likeness (QED) is 0.550. The highest BCUT2D eigenvalue weighted by molar-refractivity contribution is 7.19. The summed E-state index contributed by atoms with van der Waals surface area (Å²) < 4.78 is 6.70. The Labute approximate surface area is 134 Å². The summed E-state index contributed by atoms with van der Waals surface area (Å²) in [6, 6.07) is 14.8. The van der Waals surface area contributed by atoms with Crippen molar-refractivity contribution in [3.05, 3.63) is 64.0 Å². The second kappa shape index (κ2) is 5.70. The molecule has 1 nitrogen and oxygen atoms in total. The van der Waals surface area contributed by atoms with Crippen LogP contribution in [0.3, 0.4) is 0 Å². The van der Waals surface area contributed by atoms with Crippen LogP contribution in [0, 0.1) is 13.8 Å². The maximum absolute atomic E-state index is 6.71. The number of halogens is 1. The fraction of sp³-hybridized carbons (Fsp3) is 0.222. The van der Waals surface area contributed by atoms with Crippen LogP contribution in [0.5, 0.6) is 5.75 Å². The maximum atomic E-state index is 6.71. The number of rotatable bonds is 3. The van der Waals surface area contributed by atoms with Gasteiger partial charge in [-0.1, -0.05) is 30.3 Å². The zero-order valence-electron chi connectivity index (χ0n) is 12.3. The van der Waals surface area contributed by atoms with Gasteiger partial charge in [0.1, 0.15) is 5.75 Å². The molecule has 0 N–H and O–H groups in total. The average molecular weight is 317 g/mol. The number of alkyl halides is 1. The predicted molar refractivity (Wildman–Crippen MR) is 92.0 cm³/mol. The Hall–Kier alpha value is -1.51. The van der Waals surface area contributed by atoms with Crippen LogP contribution >= 0.6 is 22.9 Å². The first kappa shape index (κ1) is 14.4. The van der Waals surface area contributed by atoms with E-state index in [0.717, 1.165) is 22.4 Å².